The summed E-state index contributed by atoms with van der Waals surface area (Å²) in [5.41, 5.74) is 8.48. The van der Waals surface area contributed by atoms with Gasteiger partial charge in [-0.25, -0.2) is 0 Å². The first-order valence-electron chi connectivity index (χ1n) is 10.7. The molecular weight excluding hydrogens is 380 g/mol. The van der Waals surface area contributed by atoms with Crippen LogP contribution in [0.4, 0.5) is 5.69 Å². The second-order valence-corrected chi connectivity index (χ2v) is 8.85. The van der Waals surface area contributed by atoms with Crippen LogP contribution in [0.5, 0.6) is 5.75 Å². The second-order valence-electron chi connectivity index (χ2n) is 8.85. The van der Waals surface area contributed by atoms with Crippen LogP contribution in [0, 0.1) is 5.41 Å². The Bertz CT molecular complexity index is 882. The number of benzene rings is 1. The number of likely N-dealkylation sites (tertiary alicyclic amines) is 1. The van der Waals surface area contributed by atoms with Crippen LogP contribution in [-0.4, -0.2) is 79.1 Å². The molecule has 8 heteroatoms. The fourth-order valence-electron chi connectivity index (χ4n) is 4.18. The van der Waals surface area contributed by atoms with Crippen LogP contribution in [0.2, 0.25) is 0 Å². The van der Waals surface area contributed by atoms with E-state index in [1.807, 2.05) is 24.3 Å². The van der Waals surface area contributed by atoms with Gasteiger partial charge < -0.3 is 20.5 Å². The third-order valence-electron chi connectivity index (χ3n) is 6.47. The van der Waals surface area contributed by atoms with E-state index in [2.05, 4.69) is 27.0 Å². The zero-order chi connectivity index (χ0) is 20.7. The van der Waals surface area contributed by atoms with Gasteiger partial charge in [0, 0.05) is 43.5 Å². The van der Waals surface area contributed by atoms with Crippen molar-refractivity contribution in [3.8, 4) is 5.75 Å². The predicted octanol–water partition coefficient (Wildman–Crippen LogP) is 1.43. The molecule has 0 bridgehead atoms. The number of nitrogen functional groups attached to an aromatic ring is 1. The molecule has 4 N–H and O–H groups in total. The molecule has 30 heavy (non-hydrogen) atoms. The summed E-state index contributed by atoms with van der Waals surface area (Å²) in [6.45, 7) is 7.76. The van der Waals surface area contributed by atoms with Gasteiger partial charge in [-0.15, -0.1) is 0 Å². The molecule has 2 saturated heterocycles. The van der Waals surface area contributed by atoms with Gasteiger partial charge in [-0.1, -0.05) is 0 Å². The van der Waals surface area contributed by atoms with Gasteiger partial charge in [-0.05, 0) is 44.0 Å². The van der Waals surface area contributed by atoms with Crippen molar-refractivity contribution in [2.75, 3.05) is 45.1 Å². The van der Waals surface area contributed by atoms with E-state index in [4.69, 9.17) is 20.6 Å². The van der Waals surface area contributed by atoms with Crippen molar-refractivity contribution in [1.82, 2.24) is 15.1 Å². The molecule has 1 saturated carbocycles. The normalized spacial score (nSPS) is 26.4. The maximum Gasteiger partial charge on any atom is 0.125 e. The molecule has 0 spiro atoms. The molecule has 0 radical (unpaired) electrons. The number of nitrogens with zero attached hydrogens (tertiary/aromatic N) is 3. The van der Waals surface area contributed by atoms with Crippen molar-refractivity contribution in [3.05, 3.63) is 35.5 Å². The Kier molecular flexibility index (Phi) is 5.00. The highest BCUT2D eigenvalue weighted by Gasteiger charge is 2.40. The highest BCUT2D eigenvalue weighted by molar-refractivity contribution is 6.14. The molecule has 4 aliphatic rings. The number of allylic oxidation sites excluding steroid dienone is 1. The molecule has 1 aromatic rings. The summed E-state index contributed by atoms with van der Waals surface area (Å²) in [6.07, 6.45) is 5.79. The lowest BCUT2D eigenvalue weighted by molar-refractivity contribution is -0.0387. The van der Waals surface area contributed by atoms with E-state index >= 15 is 0 Å². The minimum absolute atomic E-state index is 0.0510. The first-order chi connectivity index (χ1) is 14.5. The molecule has 3 aliphatic heterocycles. The van der Waals surface area contributed by atoms with Crippen molar-refractivity contribution >= 4 is 17.7 Å². The van der Waals surface area contributed by atoms with E-state index in [0.29, 0.717) is 23.0 Å². The summed E-state index contributed by atoms with van der Waals surface area (Å²) in [5, 5.41) is 11.9. The Hall–Kier alpha value is -2.42. The molecule has 1 atom stereocenters. The lowest BCUT2D eigenvalue weighted by Crippen LogP contribution is -2.63. The first-order valence-corrected chi connectivity index (χ1v) is 10.7. The smallest absolute Gasteiger partial charge is 0.125 e. The standard InChI is InChI=1S/C22H30N6O2/c1-22(4-5-22)30-16-2-3-18(23)17(10-16)21(24)19-11-20(26-14-25-19)28-12-15(13-28)27-6-8-29-9-7-27/h2-3,10-11,14-15,20,24H,4-9,12-13,23H2,1H3,(H,25,26). The summed E-state index contributed by atoms with van der Waals surface area (Å²) in [4.78, 5) is 9.41. The van der Waals surface area contributed by atoms with Gasteiger partial charge >= 0.3 is 0 Å². The molecule has 1 aromatic carbocycles. The van der Waals surface area contributed by atoms with Gasteiger partial charge in [0.15, 0.2) is 0 Å². The lowest BCUT2D eigenvalue weighted by atomic mass is 10.0. The summed E-state index contributed by atoms with van der Waals surface area (Å²) in [5.74, 6) is 0.765. The molecule has 1 aliphatic carbocycles. The fourth-order valence-corrected chi connectivity index (χ4v) is 4.18. The topological polar surface area (TPSA) is 99.2 Å². The quantitative estimate of drug-likeness (QED) is 0.485. The second kappa shape index (κ2) is 7.68. The van der Waals surface area contributed by atoms with Crippen LogP contribution >= 0.6 is 0 Å². The van der Waals surface area contributed by atoms with Crippen molar-refractivity contribution in [3.63, 3.8) is 0 Å². The summed E-state index contributed by atoms with van der Waals surface area (Å²) in [6, 6.07) is 6.16. The minimum atomic E-state index is -0.0653. The summed E-state index contributed by atoms with van der Waals surface area (Å²) < 4.78 is 11.5. The van der Waals surface area contributed by atoms with Crippen molar-refractivity contribution in [2.24, 2.45) is 4.99 Å². The van der Waals surface area contributed by atoms with Crippen molar-refractivity contribution < 1.29 is 9.47 Å². The van der Waals surface area contributed by atoms with Gasteiger partial charge in [-0.3, -0.25) is 20.2 Å². The van der Waals surface area contributed by atoms with Gasteiger partial charge in [-0.2, -0.15) is 0 Å². The minimum Gasteiger partial charge on any atom is -0.488 e. The number of hydrogen-bond donors (Lipinski definition) is 3. The molecule has 0 aromatic heterocycles. The maximum atomic E-state index is 8.75. The van der Waals surface area contributed by atoms with Crippen molar-refractivity contribution in [1.29, 1.82) is 5.41 Å². The molecular formula is C22H30N6O2. The zero-order valence-corrected chi connectivity index (χ0v) is 17.4. The molecule has 0 amide bonds. The molecule has 3 fully saturated rings. The predicted molar refractivity (Wildman–Crippen MR) is 117 cm³/mol. The van der Waals surface area contributed by atoms with Gasteiger partial charge in [0.2, 0.25) is 0 Å². The number of nitrogens with two attached hydrogens (primary N) is 1. The highest BCUT2D eigenvalue weighted by Crippen LogP contribution is 2.40. The molecule has 5 rings (SSSR count). The molecule has 1 unspecified atom stereocenters. The number of ether oxygens (including phenoxy) is 2. The van der Waals surface area contributed by atoms with Crippen LogP contribution in [0.25, 0.3) is 0 Å². The van der Waals surface area contributed by atoms with E-state index in [1.165, 1.54) is 0 Å². The fraction of sp³-hybridized carbons (Fsp3) is 0.545. The monoisotopic (exact) mass is 410 g/mol. The average molecular weight is 411 g/mol. The van der Waals surface area contributed by atoms with Crippen LogP contribution < -0.4 is 15.8 Å². The Balaban J connectivity index is 1.26. The first kappa shape index (κ1) is 19.5. The van der Waals surface area contributed by atoms with E-state index < -0.39 is 0 Å². The SMILES string of the molecule is CC1(Oc2ccc(N)c(C(=N)C3=CC(N4CC(N5CCOCC5)C4)N=CN3)c2)CC1. The van der Waals surface area contributed by atoms with Crippen LogP contribution in [0.3, 0.4) is 0 Å². The number of anilines is 1. The van der Waals surface area contributed by atoms with Crippen LogP contribution in [0.1, 0.15) is 25.3 Å². The molecule has 160 valence electrons. The number of hydrogen-bond acceptors (Lipinski definition) is 8. The lowest BCUT2D eigenvalue weighted by Gasteiger charge is -2.48. The Morgan fingerprint density at radius 1 is 1.27 bits per heavy atom. The average Bonchev–Trinajstić information content (AvgIpc) is 3.45. The summed E-state index contributed by atoms with van der Waals surface area (Å²) >= 11 is 0. The maximum absolute atomic E-state index is 8.75. The number of morpholine rings is 1. The number of aliphatic imine (C=N–C) groups is 1. The highest BCUT2D eigenvalue weighted by atomic mass is 16.5. The van der Waals surface area contributed by atoms with E-state index in [-0.39, 0.29) is 11.8 Å². The van der Waals surface area contributed by atoms with E-state index in [0.717, 1.165) is 63.7 Å². The largest absolute Gasteiger partial charge is 0.488 e. The molecule has 8 nitrogen and oxygen atoms in total. The zero-order valence-electron chi connectivity index (χ0n) is 17.4. The van der Waals surface area contributed by atoms with Gasteiger partial charge in [0.1, 0.15) is 17.5 Å². The van der Waals surface area contributed by atoms with Crippen LogP contribution in [0.15, 0.2) is 35.0 Å². The number of nitrogens with one attached hydrogen (secondary N) is 2. The van der Waals surface area contributed by atoms with Crippen LogP contribution in [-0.2, 0) is 4.74 Å². The summed E-state index contributed by atoms with van der Waals surface area (Å²) in [7, 11) is 0. The van der Waals surface area contributed by atoms with Crippen molar-refractivity contribution in [2.45, 2.75) is 37.6 Å². The van der Waals surface area contributed by atoms with E-state index in [1.54, 1.807) is 6.34 Å². The third kappa shape index (κ3) is 3.95. The Labute approximate surface area is 177 Å². The van der Waals surface area contributed by atoms with Gasteiger partial charge in [0.25, 0.3) is 0 Å². The molecule has 3 heterocycles. The third-order valence-corrected chi connectivity index (χ3v) is 6.47. The Morgan fingerprint density at radius 2 is 2.03 bits per heavy atom. The van der Waals surface area contributed by atoms with E-state index in [9.17, 15) is 0 Å². The van der Waals surface area contributed by atoms with Gasteiger partial charge in [0.05, 0.1) is 31.0 Å². The Morgan fingerprint density at radius 3 is 2.77 bits per heavy atom. The number of rotatable bonds is 6.